The zero-order valence-corrected chi connectivity index (χ0v) is 13.8. The molecule has 1 fully saturated rings. The van der Waals surface area contributed by atoms with Gasteiger partial charge in [-0.05, 0) is 25.7 Å². The van der Waals surface area contributed by atoms with Crippen LogP contribution >= 0.6 is 0 Å². The Balaban J connectivity index is 1.87. The van der Waals surface area contributed by atoms with Crippen molar-refractivity contribution in [2.24, 2.45) is 0 Å². The quantitative estimate of drug-likeness (QED) is 0.827. The van der Waals surface area contributed by atoms with Gasteiger partial charge in [-0.2, -0.15) is 4.98 Å². The maximum absolute atomic E-state index is 12.5. The van der Waals surface area contributed by atoms with Gasteiger partial charge in [0.15, 0.2) is 5.82 Å². The molecule has 1 aliphatic heterocycles. The molecule has 0 radical (unpaired) electrons. The number of carboxylic acids is 1. The number of amides is 1. The first-order valence-electron chi connectivity index (χ1n) is 8.31. The number of aromatic nitrogens is 2. The number of rotatable bonds is 7. The predicted octanol–water partition coefficient (Wildman–Crippen LogP) is 2.37. The molecular formula is C16H25N3O4. The lowest BCUT2D eigenvalue weighted by atomic mass is 9.97. The van der Waals surface area contributed by atoms with Crippen molar-refractivity contribution in [1.82, 2.24) is 15.0 Å². The van der Waals surface area contributed by atoms with E-state index in [1.54, 1.807) is 0 Å². The Bertz CT molecular complexity index is 541. The Kier molecular flexibility index (Phi) is 6.12. The number of carboxylic acid groups (broad SMARTS) is 1. The topological polar surface area (TPSA) is 96.5 Å². The number of aryl methyl sites for hydroxylation is 1. The van der Waals surface area contributed by atoms with Crippen molar-refractivity contribution in [2.75, 3.05) is 6.54 Å². The lowest BCUT2D eigenvalue weighted by molar-refractivity contribution is -0.140. The van der Waals surface area contributed by atoms with E-state index in [0.29, 0.717) is 37.5 Å². The molecule has 0 aliphatic carbocycles. The molecule has 0 aromatic carbocycles. The minimum atomic E-state index is -0.810. The highest BCUT2D eigenvalue weighted by Crippen LogP contribution is 2.22. The van der Waals surface area contributed by atoms with Crippen molar-refractivity contribution in [3.8, 4) is 0 Å². The molecule has 0 bridgehead atoms. The summed E-state index contributed by atoms with van der Waals surface area (Å²) in [5.74, 6) is 0.580. The van der Waals surface area contributed by atoms with Crippen molar-refractivity contribution in [2.45, 2.75) is 70.8 Å². The van der Waals surface area contributed by atoms with Crippen LogP contribution in [0.1, 0.15) is 70.0 Å². The Hall–Kier alpha value is -1.92. The minimum Gasteiger partial charge on any atom is -0.481 e. The van der Waals surface area contributed by atoms with Crippen molar-refractivity contribution in [3.63, 3.8) is 0 Å². The molecule has 0 saturated carbocycles. The third kappa shape index (κ3) is 5.04. The van der Waals surface area contributed by atoms with E-state index in [-0.39, 0.29) is 24.3 Å². The Labute approximate surface area is 136 Å². The summed E-state index contributed by atoms with van der Waals surface area (Å²) in [5.41, 5.74) is 0. The van der Waals surface area contributed by atoms with Crippen molar-refractivity contribution < 1.29 is 19.2 Å². The van der Waals surface area contributed by atoms with Gasteiger partial charge in [-0.25, -0.2) is 0 Å². The molecule has 1 atom stereocenters. The van der Waals surface area contributed by atoms with E-state index >= 15 is 0 Å². The second-order valence-corrected chi connectivity index (χ2v) is 6.37. The van der Waals surface area contributed by atoms with Crippen molar-refractivity contribution >= 4 is 11.9 Å². The van der Waals surface area contributed by atoms with Gasteiger partial charge < -0.3 is 14.5 Å². The highest BCUT2D eigenvalue weighted by atomic mass is 16.5. The fourth-order valence-corrected chi connectivity index (χ4v) is 2.88. The third-order valence-electron chi connectivity index (χ3n) is 4.19. The fraction of sp³-hybridized carbons (Fsp3) is 0.750. The van der Waals surface area contributed by atoms with E-state index in [4.69, 9.17) is 9.63 Å². The normalized spacial score (nSPS) is 18.4. The minimum absolute atomic E-state index is 0.0428. The largest absolute Gasteiger partial charge is 0.481 e. The summed E-state index contributed by atoms with van der Waals surface area (Å²) in [6, 6.07) is 0.0428. The summed E-state index contributed by atoms with van der Waals surface area (Å²) in [7, 11) is 0. The Morgan fingerprint density at radius 2 is 2.13 bits per heavy atom. The zero-order valence-electron chi connectivity index (χ0n) is 13.8. The van der Waals surface area contributed by atoms with Crippen LogP contribution in [0.5, 0.6) is 0 Å². The van der Waals surface area contributed by atoms with Crippen LogP contribution < -0.4 is 0 Å². The van der Waals surface area contributed by atoms with Crippen molar-refractivity contribution in [3.05, 3.63) is 11.7 Å². The SMILES string of the molecule is CC(C)c1noc(CCC(=O)N2CCCCC2CCC(=O)O)n1. The molecule has 2 rings (SSSR count). The van der Waals surface area contributed by atoms with Gasteiger partial charge in [-0.3, -0.25) is 9.59 Å². The highest BCUT2D eigenvalue weighted by Gasteiger charge is 2.27. The predicted molar refractivity (Wildman–Crippen MR) is 82.9 cm³/mol. The molecule has 1 aromatic heterocycles. The van der Waals surface area contributed by atoms with Crippen LogP contribution in [0, 0.1) is 0 Å². The number of hydrogen-bond acceptors (Lipinski definition) is 5. The third-order valence-corrected chi connectivity index (χ3v) is 4.19. The standard InChI is InChI=1S/C16H25N3O4/c1-11(2)16-17-13(23-18-16)7-8-14(20)19-10-4-3-5-12(19)6-9-15(21)22/h11-12H,3-10H2,1-2H3,(H,21,22). The first-order chi connectivity index (χ1) is 11.0. The van der Waals surface area contributed by atoms with Gasteiger partial charge in [-0.1, -0.05) is 19.0 Å². The van der Waals surface area contributed by atoms with Gasteiger partial charge in [0.05, 0.1) is 0 Å². The van der Waals surface area contributed by atoms with Crippen molar-refractivity contribution in [1.29, 1.82) is 0 Å². The first kappa shape index (κ1) is 17.4. The summed E-state index contributed by atoms with van der Waals surface area (Å²) < 4.78 is 5.16. The lowest BCUT2D eigenvalue weighted by Gasteiger charge is -2.35. The second-order valence-electron chi connectivity index (χ2n) is 6.37. The number of nitrogens with zero attached hydrogens (tertiary/aromatic N) is 3. The van der Waals surface area contributed by atoms with Crippen LogP contribution in [0.15, 0.2) is 4.52 Å². The molecule has 7 nitrogen and oxygen atoms in total. The average Bonchev–Trinajstić information content (AvgIpc) is 3.00. The Morgan fingerprint density at radius 3 is 2.78 bits per heavy atom. The smallest absolute Gasteiger partial charge is 0.303 e. The van der Waals surface area contributed by atoms with E-state index in [1.165, 1.54) is 0 Å². The van der Waals surface area contributed by atoms with E-state index in [2.05, 4.69) is 10.1 Å². The second kappa shape index (κ2) is 8.08. The van der Waals surface area contributed by atoms with Crippen LogP contribution in [0.4, 0.5) is 0 Å². The van der Waals surface area contributed by atoms with E-state index < -0.39 is 5.97 Å². The summed E-state index contributed by atoms with van der Waals surface area (Å²) in [5, 5.41) is 12.7. The number of hydrogen-bond donors (Lipinski definition) is 1. The summed E-state index contributed by atoms with van der Waals surface area (Å²) in [6.07, 6.45) is 4.30. The monoisotopic (exact) mass is 323 g/mol. The van der Waals surface area contributed by atoms with Crippen LogP contribution in [-0.4, -0.2) is 44.6 Å². The highest BCUT2D eigenvalue weighted by molar-refractivity contribution is 5.77. The van der Waals surface area contributed by atoms with Crippen LogP contribution in [-0.2, 0) is 16.0 Å². The molecule has 1 saturated heterocycles. The summed E-state index contributed by atoms with van der Waals surface area (Å²) in [6.45, 7) is 4.69. The Morgan fingerprint density at radius 1 is 1.35 bits per heavy atom. The van der Waals surface area contributed by atoms with Crippen LogP contribution in [0.2, 0.25) is 0 Å². The number of piperidine rings is 1. The van der Waals surface area contributed by atoms with Gasteiger partial charge in [0.2, 0.25) is 11.8 Å². The molecular weight excluding hydrogens is 298 g/mol. The number of aliphatic carboxylic acids is 1. The molecule has 0 spiro atoms. The molecule has 1 unspecified atom stereocenters. The number of carbonyl (C=O) groups is 2. The van der Waals surface area contributed by atoms with E-state index in [0.717, 1.165) is 19.3 Å². The summed E-state index contributed by atoms with van der Waals surface area (Å²) >= 11 is 0. The molecule has 1 aliphatic rings. The van der Waals surface area contributed by atoms with Gasteiger partial charge in [-0.15, -0.1) is 0 Å². The van der Waals surface area contributed by atoms with E-state index in [9.17, 15) is 9.59 Å². The number of likely N-dealkylation sites (tertiary alicyclic amines) is 1. The molecule has 2 heterocycles. The van der Waals surface area contributed by atoms with Gasteiger partial charge >= 0.3 is 5.97 Å². The average molecular weight is 323 g/mol. The van der Waals surface area contributed by atoms with Gasteiger partial charge in [0.25, 0.3) is 0 Å². The fourth-order valence-electron chi connectivity index (χ4n) is 2.88. The maximum atomic E-state index is 12.5. The molecule has 23 heavy (non-hydrogen) atoms. The van der Waals surface area contributed by atoms with Crippen LogP contribution in [0.25, 0.3) is 0 Å². The molecule has 1 N–H and O–H groups in total. The molecule has 1 aromatic rings. The van der Waals surface area contributed by atoms with E-state index in [1.807, 2.05) is 18.7 Å². The molecule has 7 heteroatoms. The summed E-state index contributed by atoms with van der Waals surface area (Å²) in [4.78, 5) is 29.3. The maximum Gasteiger partial charge on any atom is 0.303 e. The molecule has 128 valence electrons. The van der Waals surface area contributed by atoms with Crippen LogP contribution in [0.3, 0.4) is 0 Å². The van der Waals surface area contributed by atoms with Gasteiger partial charge in [0.1, 0.15) is 0 Å². The number of carbonyl (C=O) groups excluding carboxylic acids is 1. The first-order valence-corrected chi connectivity index (χ1v) is 8.31. The molecule has 1 amide bonds. The zero-order chi connectivity index (χ0) is 16.8. The lowest BCUT2D eigenvalue weighted by Crippen LogP contribution is -2.44. The van der Waals surface area contributed by atoms with Gasteiger partial charge in [0, 0.05) is 37.8 Å².